The van der Waals surface area contributed by atoms with Gasteiger partial charge >= 0.3 is 0 Å². The summed E-state index contributed by atoms with van der Waals surface area (Å²) in [5.74, 6) is -0.212. The lowest BCUT2D eigenvalue weighted by Crippen LogP contribution is -2.14. The molecule has 2 rings (SSSR count). The van der Waals surface area contributed by atoms with E-state index >= 15 is 0 Å². The summed E-state index contributed by atoms with van der Waals surface area (Å²) in [6.07, 6.45) is 3.77. The van der Waals surface area contributed by atoms with Gasteiger partial charge in [-0.1, -0.05) is 25.5 Å². The zero-order valence-electron chi connectivity index (χ0n) is 10.7. The highest BCUT2D eigenvalue weighted by Gasteiger charge is 2.10. The van der Waals surface area contributed by atoms with E-state index in [1.54, 1.807) is 18.3 Å². The standard InChI is InChI=1S/C15H15BrN2O/c1-2-4-11-6-8-12(9-7-11)18-15(19)14-13(16)5-3-10-17-14/h3,5-10H,2,4H2,1H3,(H,18,19). The molecule has 0 unspecified atom stereocenters. The summed E-state index contributed by atoms with van der Waals surface area (Å²) in [5.41, 5.74) is 2.45. The molecule has 4 heteroatoms. The largest absolute Gasteiger partial charge is 0.321 e. The number of hydrogen-bond donors (Lipinski definition) is 1. The lowest BCUT2D eigenvalue weighted by Gasteiger charge is -2.06. The molecule has 2 aromatic rings. The van der Waals surface area contributed by atoms with Gasteiger partial charge in [0.05, 0.1) is 0 Å². The van der Waals surface area contributed by atoms with Gasteiger partial charge < -0.3 is 5.32 Å². The monoisotopic (exact) mass is 318 g/mol. The zero-order valence-corrected chi connectivity index (χ0v) is 12.3. The Bertz CT molecular complexity index is 567. The molecule has 0 aliphatic carbocycles. The second-order valence-electron chi connectivity index (χ2n) is 4.23. The summed E-state index contributed by atoms with van der Waals surface area (Å²) in [4.78, 5) is 16.1. The summed E-state index contributed by atoms with van der Waals surface area (Å²) >= 11 is 3.32. The van der Waals surface area contributed by atoms with Crippen molar-refractivity contribution < 1.29 is 4.79 Å². The van der Waals surface area contributed by atoms with Crippen molar-refractivity contribution in [1.29, 1.82) is 0 Å². The number of carbonyl (C=O) groups excluding carboxylic acids is 1. The average molecular weight is 319 g/mol. The summed E-state index contributed by atoms with van der Waals surface area (Å²) in [6, 6.07) is 11.5. The Balaban J connectivity index is 2.09. The molecule has 98 valence electrons. The van der Waals surface area contributed by atoms with Crippen molar-refractivity contribution in [3.63, 3.8) is 0 Å². The lowest BCUT2D eigenvalue weighted by molar-refractivity contribution is 0.102. The maximum Gasteiger partial charge on any atom is 0.275 e. The molecule has 0 spiro atoms. The molecule has 3 nitrogen and oxygen atoms in total. The first-order valence-electron chi connectivity index (χ1n) is 6.21. The molecule has 0 aliphatic rings. The van der Waals surface area contributed by atoms with E-state index in [0.717, 1.165) is 18.5 Å². The minimum atomic E-state index is -0.212. The van der Waals surface area contributed by atoms with Gasteiger partial charge in [-0.25, -0.2) is 4.98 Å². The molecule has 0 saturated carbocycles. The number of pyridine rings is 1. The van der Waals surface area contributed by atoms with Crippen LogP contribution in [0.4, 0.5) is 5.69 Å². The predicted octanol–water partition coefficient (Wildman–Crippen LogP) is 4.05. The Labute approximate surface area is 121 Å². The van der Waals surface area contributed by atoms with Gasteiger partial charge in [0.2, 0.25) is 0 Å². The van der Waals surface area contributed by atoms with Crippen LogP contribution in [-0.4, -0.2) is 10.9 Å². The minimum Gasteiger partial charge on any atom is -0.321 e. The Kier molecular flexibility index (Phi) is 4.68. The van der Waals surface area contributed by atoms with E-state index in [-0.39, 0.29) is 5.91 Å². The highest BCUT2D eigenvalue weighted by Crippen LogP contribution is 2.16. The van der Waals surface area contributed by atoms with Crippen molar-refractivity contribution in [2.45, 2.75) is 19.8 Å². The topological polar surface area (TPSA) is 42.0 Å². The van der Waals surface area contributed by atoms with Crippen LogP contribution in [0.2, 0.25) is 0 Å². The molecule has 1 heterocycles. The van der Waals surface area contributed by atoms with Gasteiger partial charge in [-0.05, 0) is 52.2 Å². The van der Waals surface area contributed by atoms with Gasteiger partial charge in [-0.15, -0.1) is 0 Å². The number of carbonyl (C=O) groups is 1. The Morgan fingerprint density at radius 2 is 2.00 bits per heavy atom. The average Bonchev–Trinajstić information content (AvgIpc) is 2.42. The fourth-order valence-electron chi connectivity index (χ4n) is 1.79. The number of nitrogens with zero attached hydrogens (tertiary/aromatic N) is 1. The van der Waals surface area contributed by atoms with Crippen molar-refractivity contribution in [2.24, 2.45) is 0 Å². The second kappa shape index (κ2) is 6.48. The first-order chi connectivity index (χ1) is 9.20. The van der Waals surface area contributed by atoms with Crippen LogP contribution < -0.4 is 5.32 Å². The van der Waals surface area contributed by atoms with Crippen molar-refractivity contribution in [3.8, 4) is 0 Å². The van der Waals surface area contributed by atoms with Crippen molar-refractivity contribution in [3.05, 3.63) is 58.3 Å². The first kappa shape index (κ1) is 13.7. The fraction of sp³-hybridized carbons (Fsp3) is 0.200. The quantitative estimate of drug-likeness (QED) is 0.924. The van der Waals surface area contributed by atoms with Gasteiger partial charge in [0, 0.05) is 16.4 Å². The normalized spacial score (nSPS) is 10.2. The van der Waals surface area contributed by atoms with Crippen LogP contribution in [0.5, 0.6) is 0 Å². The van der Waals surface area contributed by atoms with Gasteiger partial charge in [0.25, 0.3) is 5.91 Å². The summed E-state index contributed by atoms with van der Waals surface area (Å²) in [6.45, 7) is 2.15. The number of benzene rings is 1. The van der Waals surface area contributed by atoms with Crippen LogP contribution in [-0.2, 0) is 6.42 Å². The molecule has 0 bridgehead atoms. The van der Waals surface area contributed by atoms with E-state index in [0.29, 0.717) is 10.2 Å². The van der Waals surface area contributed by atoms with Crippen LogP contribution in [0.3, 0.4) is 0 Å². The molecule has 1 amide bonds. The van der Waals surface area contributed by atoms with E-state index < -0.39 is 0 Å². The number of hydrogen-bond acceptors (Lipinski definition) is 2. The van der Waals surface area contributed by atoms with E-state index in [1.165, 1.54) is 5.56 Å². The van der Waals surface area contributed by atoms with Gasteiger partial charge in [-0.3, -0.25) is 4.79 Å². The van der Waals surface area contributed by atoms with Crippen LogP contribution in [0.15, 0.2) is 47.1 Å². The third-order valence-electron chi connectivity index (χ3n) is 2.72. The molecule has 0 saturated heterocycles. The highest BCUT2D eigenvalue weighted by molar-refractivity contribution is 9.10. The predicted molar refractivity (Wildman–Crippen MR) is 80.3 cm³/mol. The fourth-order valence-corrected chi connectivity index (χ4v) is 2.22. The molecule has 0 radical (unpaired) electrons. The van der Waals surface area contributed by atoms with Crippen LogP contribution >= 0.6 is 15.9 Å². The third kappa shape index (κ3) is 3.64. The molecular weight excluding hydrogens is 304 g/mol. The Hall–Kier alpha value is -1.68. The zero-order chi connectivity index (χ0) is 13.7. The first-order valence-corrected chi connectivity index (χ1v) is 7.01. The lowest BCUT2D eigenvalue weighted by atomic mass is 10.1. The molecule has 1 N–H and O–H groups in total. The number of amides is 1. The van der Waals surface area contributed by atoms with E-state index in [9.17, 15) is 4.79 Å². The molecule has 0 fully saturated rings. The highest BCUT2D eigenvalue weighted by atomic mass is 79.9. The van der Waals surface area contributed by atoms with E-state index in [1.807, 2.05) is 24.3 Å². The molecule has 1 aromatic carbocycles. The number of rotatable bonds is 4. The minimum absolute atomic E-state index is 0.212. The molecule has 0 atom stereocenters. The van der Waals surface area contributed by atoms with Gasteiger partial charge in [0.1, 0.15) is 5.69 Å². The molecular formula is C15H15BrN2O. The molecule has 0 aliphatic heterocycles. The molecule has 19 heavy (non-hydrogen) atoms. The molecule has 1 aromatic heterocycles. The summed E-state index contributed by atoms with van der Waals surface area (Å²) in [7, 11) is 0. The Morgan fingerprint density at radius 1 is 1.26 bits per heavy atom. The number of nitrogens with one attached hydrogen (secondary N) is 1. The van der Waals surface area contributed by atoms with Crippen LogP contribution in [0.1, 0.15) is 29.4 Å². The number of halogens is 1. The Morgan fingerprint density at radius 3 is 2.63 bits per heavy atom. The van der Waals surface area contributed by atoms with Crippen molar-refractivity contribution >= 4 is 27.5 Å². The van der Waals surface area contributed by atoms with E-state index in [2.05, 4.69) is 33.2 Å². The summed E-state index contributed by atoms with van der Waals surface area (Å²) in [5, 5.41) is 2.84. The van der Waals surface area contributed by atoms with Crippen LogP contribution in [0, 0.1) is 0 Å². The number of aromatic nitrogens is 1. The number of anilines is 1. The maximum absolute atomic E-state index is 12.0. The van der Waals surface area contributed by atoms with Gasteiger partial charge in [-0.2, -0.15) is 0 Å². The van der Waals surface area contributed by atoms with E-state index in [4.69, 9.17) is 0 Å². The summed E-state index contributed by atoms with van der Waals surface area (Å²) < 4.78 is 0.690. The maximum atomic E-state index is 12.0. The number of aryl methyl sites for hydroxylation is 1. The third-order valence-corrected chi connectivity index (χ3v) is 3.36. The van der Waals surface area contributed by atoms with Crippen molar-refractivity contribution in [2.75, 3.05) is 5.32 Å². The van der Waals surface area contributed by atoms with Gasteiger partial charge in [0.15, 0.2) is 0 Å². The SMILES string of the molecule is CCCc1ccc(NC(=O)c2ncccc2Br)cc1. The van der Waals surface area contributed by atoms with Crippen LogP contribution in [0.25, 0.3) is 0 Å². The second-order valence-corrected chi connectivity index (χ2v) is 5.09. The van der Waals surface area contributed by atoms with Crippen molar-refractivity contribution in [1.82, 2.24) is 4.98 Å². The smallest absolute Gasteiger partial charge is 0.275 e.